The summed E-state index contributed by atoms with van der Waals surface area (Å²) >= 11 is 0. The van der Waals surface area contributed by atoms with Gasteiger partial charge < -0.3 is 0 Å². The minimum absolute atomic E-state index is 0.351. The molecule has 2 aromatic rings. The molecule has 0 aliphatic carbocycles. The van der Waals surface area contributed by atoms with Gasteiger partial charge in [-0.2, -0.15) is 0 Å². The molecule has 0 fully saturated rings. The van der Waals surface area contributed by atoms with Gasteiger partial charge in [0.1, 0.15) is 17.2 Å². The van der Waals surface area contributed by atoms with Crippen molar-refractivity contribution in [2.45, 2.75) is 0 Å². The molecule has 12 heavy (non-hydrogen) atoms. The van der Waals surface area contributed by atoms with E-state index in [1.807, 2.05) is 0 Å². The van der Waals surface area contributed by atoms with Gasteiger partial charge in [0.25, 0.3) is 0 Å². The second kappa shape index (κ2) is 2.41. The zero-order chi connectivity index (χ0) is 8.55. The predicted molar refractivity (Wildman–Crippen MR) is 40.5 cm³/mol. The maximum Gasteiger partial charge on any atom is 0.168 e. The number of imidazole rings is 1. The Labute approximate surface area is 67.5 Å². The first-order valence-corrected chi connectivity index (χ1v) is 3.39. The topological polar surface area (TPSA) is 34.4 Å². The molecule has 0 aliphatic rings. The number of rotatable bonds is 1. The number of aldehydes is 1. The molecule has 0 spiro atoms. The summed E-state index contributed by atoms with van der Waals surface area (Å²) in [7, 11) is 0. The van der Waals surface area contributed by atoms with Gasteiger partial charge in [0.2, 0.25) is 0 Å². The molecule has 4 heteroatoms. The summed E-state index contributed by atoms with van der Waals surface area (Å²) in [5.74, 6) is -0.386. The van der Waals surface area contributed by atoms with Crippen molar-refractivity contribution in [1.29, 1.82) is 0 Å². The number of carbonyl (C=O) groups is 1. The zero-order valence-corrected chi connectivity index (χ0v) is 6.07. The lowest BCUT2D eigenvalue weighted by molar-refractivity contribution is 0.111. The van der Waals surface area contributed by atoms with Gasteiger partial charge in [-0.1, -0.05) is 0 Å². The Bertz CT molecular complexity index is 436. The van der Waals surface area contributed by atoms with E-state index in [2.05, 4.69) is 4.98 Å². The van der Waals surface area contributed by atoms with E-state index in [1.165, 1.54) is 28.9 Å². The fraction of sp³-hybridized carbons (Fsp3) is 0. The van der Waals surface area contributed by atoms with Crippen LogP contribution in [0.15, 0.2) is 24.5 Å². The summed E-state index contributed by atoms with van der Waals surface area (Å²) in [4.78, 5) is 14.3. The minimum Gasteiger partial charge on any atom is -0.296 e. The molecular formula is C8H5FN2O. The van der Waals surface area contributed by atoms with E-state index in [4.69, 9.17) is 0 Å². The first-order chi connectivity index (χ1) is 5.81. The fourth-order valence-corrected chi connectivity index (χ4v) is 1.06. The van der Waals surface area contributed by atoms with Crippen molar-refractivity contribution in [3.8, 4) is 0 Å². The van der Waals surface area contributed by atoms with Crippen LogP contribution in [0.3, 0.4) is 0 Å². The molecule has 3 nitrogen and oxygen atoms in total. The minimum atomic E-state index is -0.386. The number of hydrogen-bond acceptors (Lipinski definition) is 2. The van der Waals surface area contributed by atoms with Gasteiger partial charge in [-0.25, -0.2) is 9.37 Å². The van der Waals surface area contributed by atoms with Crippen LogP contribution in [-0.4, -0.2) is 15.7 Å². The van der Waals surface area contributed by atoms with Crippen LogP contribution < -0.4 is 0 Å². The van der Waals surface area contributed by atoms with E-state index in [9.17, 15) is 9.18 Å². The van der Waals surface area contributed by atoms with Crippen LogP contribution in [0.25, 0.3) is 5.65 Å². The molecule has 0 unspecified atom stereocenters. The highest BCUT2D eigenvalue weighted by Gasteiger charge is 2.01. The highest BCUT2D eigenvalue weighted by atomic mass is 19.1. The van der Waals surface area contributed by atoms with Crippen LogP contribution >= 0.6 is 0 Å². The first kappa shape index (κ1) is 6.97. The lowest BCUT2D eigenvalue weighted by Gasteiger charge is -1.93. The average molecular weight is 164 g/mol. The molecule has 0 amide bonds. The van der Waals surface area contributed by atoms with Crippen molar-refractivity contribution in [2.24, 2.45) is 0 Å². The van der Waals surface area contributed by atoms with Crippen LogP contribution in [0, 0.1) is 5.82 Å². The van der Waals surface area contributed by atoms with Crippen LogP contribution in [0.2, 0.25) is 0 Å². The Morgan fingerprint density at radius 1 is 1.50 bits per heavy atom. The SMILES string of the molecule is O=Cc1cnc2ccc(F)cn12. The highest BCUT2D eigenvalue weighted by Crippen LogP contribution is 2.06. The predicted octanol–water partition coefficient (Wildman–Crippen LogP) is 1.29. The van der Waals surface area contributed by atoms with Gasteiger partial charge in [-0.15, -0.1) is 0 Å². The van der Waals surface area contributed by atoms with E-state index < -0.39 is 0 Å². The zero-order valence-electron chi connectivity index (χ0n) is 6.07. The molecule has 0 N–H and O–H groups in total. The van der Waals surface area contributed by atoms with Gasteiger partial charge in [0.15, 0.2) is 6.29 Å². The van der Waals surface area contributed by atoms with Gasteiger partial charge in [-0.05, 0) is 12.1 Å². The lowest BCUT2D eigenvalue weighted by atomic mass is 10.4. The summed E-state index contributed by atoms with van der Waals surface area (Å²) in [6.45, 7) is 0. The van der Waals surface area contributed by atoms with Crippen LogP contribution in [-0.2, 0) is 0 Å². The summed E-state index contributed by atoms with van der Waals surface area (Å²) in [5, 5.41) is 0. The van der Waals surface area contributed by atoms with Gasteiger partial charge in [0.05, 0.1) is 6.20 Å². The second-order valence-electron chi connectivity index (χ2n) is 2.38. The van der Waals surface area contributed by atoms with Crippen molar-refractivity contribution in [3.63, 3.8) is 0 Å². The maximum absolute atomic E-state index is 12.7. The largest absolute Gasteiger partial charge is 0.296 e. The Balaban J connectivity index is 2.83. The normalized spacial score (nSPS) is 10.4. The number of fused-ring (bicyclic) bond motifs is 1. The van der Waals surface area contributed by atoms with Crippen molar-refractivity contribution < 1.29 is 9.18 Å². The summed E-state index contributed by atoms with van der Waals surface area (Å²) in [6.07, 6.45) is 3.27. The molecule has 2 rings (SSSR count). The molecule has 2 heterocycles. The molecule has 0 aromatic carbocycles. The van der Waals surface area contributed by atoms with E-state index in [-0.39, 0.29) is 5.82 Å². The number of hydrogen-bond donors (Lipinski definition) is 0. The van der Waals surface area contributed by atoms with E-state index in [0.29, 0.717) is 17.6 Å². The van der Waals surface area contributed by atoms with Crippen LogP contribution in [0.4, 0.5) is 4.39 Å². The summed E-state index contributed by atoms with van der Waals surface area (Å²) in [5.41, 5.74) is 0.919. The standard InChI is InChI=1S/C8H5FN2O/c9-6-1-2-8-10-3-7(5-12)11(8)4-6/h1-5H. The van der Waals surface area contributed by atoms with E-state index in [0.717, 1.165) is 0 Å². The molecule has 0 bridgehead atoms. The lowest BCUT2D eigenvalue weighted by Crippen LogP contribution is -1.91. The Morgan fingerprint density at radius 2 is 2.33 bits per heavy atom. The molecular weight excluding hydrogens is 159 g/mol. The number of nitrogens with zero attached hydrogens (tertiary/aromatic N) is 2. The van der Waals surface area contributed by atoms with Crippen molar-refractivity contribution >= 4 is 11.9 Å². The van der Waals surface area contributed by atoms with Crippen molar-refractivity contribution in [3.05, 3.63) is 36.0 Å². The fourth-order valence-electron chi connectivity index (χ4n) is 1.06. The molecule has 0 radical (unpaired) electrons. The Morgan fingerprint density at radius 3 is 3.08 bits per heavy atom. The number of pyridine rings is 1. The summed E-state index contributed by atoms with van der Waals surface area (Å²) < 4.78 is 14.1. The van der Waals surface area contributed by atoms with Crippen molar-refractivity contribution in [2.75, 3.05) is 0 Å². The highest BCUT2D eigenvalue weighted by molar-refractivity contribution is 5.73. The molecule has 60 valence electrons. The third kappa shape index (κ3) is 0.887. The first-order valence-electron chi connectivity index (χ1n) is 3.39. The van der Waals surface area contributed by atoms with E-state index in [1.54, 1.807) is 0 Å². The Kier molecular flexibility index (Phi) is 1.40. The van der Waals surface area contributed by atoms with Crippen LogP contribution in [0.1, 0.15) is 10.5 Å². The maximum atomic E-state index is 12.7. The van der Waals surface area contributed by atoms with Gasteiger partial charge >= 0.3 is 0 Å². The molecule has 0 atom stereocenters. The third-order valence-electron chi connectivity index (χ3n) is 1.62. The van der Waals surface area contributed by atoms with Crippen molar-refractivity contribution in [1.82, 2.24) is 9.38 Å². The van der Waals surface area contributed by atoms with Gasteiger partial charge in [-0.3, -0.25) is 9.20 Å². The smallest absolute Gasteiger partial charge is 0.168 e. The number of carbonyl (C=O) groups excluding carboxylic acids is 1. The number of aromatic nitrogens is 2. The molecule has 0 saturated heterocycles. The van der Waals surface area contributed by atoms with Crippen LogP contribution in [0.5, 0.6) is 0 Å². The quantitative estimate of drug-likeness (QED) is 0.595. The van der Waals surface area contributed by atoms with Gasteiger partial charge in [0, 0.05) is 6.20 Å². The molecule has 0 saturated carbocycles. The summed E-state index contributed by atoms with van der Waals surface area (Å²) in [6, 6.07) is 2.82. The second-order valence-corrected chi connectivity index (χ2v) is 2.38. The third-order valence-corrected chi connectivity index (χ3v) is 1.62. The monoisotopic (exact) mass is 164 g/mol. The Hall–Kier alpha value is -1.71. The molecule has 2 aromatic heterocycles. The molecule has 0 aliphatic heterocycles. The number of halogens is 1. The van der Waals surface area contributed by atoms with E-state index >= 15 is 0 Å². The average Bonchev–Trinajstić information content (AvgIpc) is 2.46.